The van der Waals surface area contributed by atoms with Crippen molar-refractivity contribution in [1.82, 2.24) is 5.10 Å². The molecule has 0 spiro atoms. The highest BCUT2D eigenvalue weighted by Crippen LogP contribution is 1.84. The van der Waals surface area contributed by atoms with Gasteiger partial charge >= 0.3 is 0 Å². The number of rotatable bonds is 0. The summed E-state index contributed by atoms with van der Waals surface area (Å²) in [6.45, 7) is 0. The van der Waals surface area contributed by atoms with Gasteiger partial charge in [0.15, 0.2) is 19.1 Å². The highest BCUT2D eigenvalue weighted by atomic mass is 15.3. The second-order valence-electron chi connectivity index (χ2n) is 1.61. The average molecular weight is 110 g/mol. The Morgan fingerprint density at radius 1 is 1.75 bits per heavy atom. The summed E-state index contributed by atoms with van der Waals surface area (Å²) in [4.78, 5) is 0. The molecule has 0 aromatic carbocycles. The van der Waals surface area contributed by atoms with Crippen LogP contribution in [0.2, 0.25) is 0 Å². The standard InChI is InChI=1S/C5H8N3/c1-8-4-2-3-5(6)7-8/h2-4H,1H3,(H2,6,7)/q+1. The molecule has 0 atom stereocenters. The Morgan fingerprint density at radius 2 is 2.50 bits per heavy atom. The summed E-state index contributed by atoms with van der Waals surface area (Å²) in [6, 6.07) is 3.60. The molecule has 0 aliphatic rings. The molecule has 2 N–H and O–H groups in total. The zero-order valence-electron chi connectivity index (χ0n) is 4.70. The van der Waals surface area contributed by atoms with Crippen molar-refractivity contribution in [2.24, 2.45) is 7.05 Å². The van der Waals surface area contributed by atoms with E-state index in [4.69, 9.17) is 5.73 Å². The average Bonchev–Trinajstić information content (AvgIpc) is 1.64. The predicted molar refractivity (Wildman–Crippen MR) is 29.8 cm³/mol. The lowest BCUT2D eigenvalue weighted by Gasteiger charge is -1.83. The third-order valence-electron chi connectivity index (χ3n) is 0.842. The van der Waals surface area contributed by atoms with Crippen LogP contribution < -0.4 is 10.4 Å². The van der Waals surface area contributed by atoms with Crippen LogP contribution in [0.5, 0.6) is 0 Å². The molecular weight excluding hydrogens is 102 g/mol. The molecule has 0 unspecified atom stereocenters. The Labute approximate surface area is 47.8 Å². The fourth-order valence-electron chi connectivity index (χ4n) is 0.515. The molecule has 1 heterocycles. The maximum Gasteiger partial charge on any atom is 0.196 e. The third kappa shape index (κ3) is 0.932. The molecule has 0 bridgehead atoms. The van der Waals surface area contributed by atoms with Gasteiger partial charge in [0.2, 0.25) is 0 Å². The largest absolute Gasteiger partial charge is 0.379 e. The summed E-state index contributed by atoms with van der Waals surface area (Å²) in [6.07, 6.45) is 1.83. The van der Waals surface area contributed by atoms with Crippen LogP contribution in [-0.4, -0.2) is 5.10 Å². The van der Waals surface area contributed by atoms with Gasteiger partial charge in [-0.1, -0.05) is 4.68 Å². The minimum absolute atomic E-state index is 0.551. The van der Waals surface area contributed by atoms with Gasteiger partial charge in [-0.2, -0.15) is 0 Å². The van der Waals surface area contributed by atoms with Crippen molar-refractivity contribution in [2.75, 3.05) is 5.73 Å². The number of hydrogen-bond donors (Lipinski definition) is 1. The van der Waals surface area contributed by atoms with E-state index in [0.29, 0.717) is 5.82 Å². The van der Waals surface area contributed by atoms with E-state index in [1.807, 2.05) is 19.3 Å². The molecule has 1 rings (SSSR count). The van der Waals surface area contributed by atoms with Gasteiger partial charge in [-0.3, -0.25) is 0 Å². The van der Waals surface area contributed by atoms with Gasteiger partial charge < -0.3 is 5.73 Å². The molecule has 1 aromatic heterocycles. The normalized spacial score (nSPS) is 9.12. The molecule has 1 aromatic rings. The van der Waals surface area contributed by atoms with Crippen molar-refractivity contribution in [3.8, 4) is 0 Å². The Morgan fingerprint density at radius 3 is 2.88 bits per heavy atom. The minimum Gasteiger partial charge on any atom is -0.379 e. The minimum atomic E-state index is 0.551. The fourth-order valence-corrected chi connectivity index (χ4v) is 0.515. The maximum absolute atomic E-state index is 5.33. The van der Waals surface area contributed by atoms with E-state index in [9.17, 15) is 0 Å². The Hall–Kier alpha value is -1.12. The van der Waals surface area contributed by atoms with Crippen LogP contribution in [-0.2, 0) is 7.05 Å². The molecule has 0 saturated carbocycles. The van der Waals surface area contributed by atoms with E-state index in [1.165, 1.54) is 0 Å². The second-order valence-corrected chi connectivity index (χ2v) is 1.61. The van der Waals surface area contributed by atoms with Gasteiger partial charge in [0, 0.05) is 11.2 Å². The van der Waals surface area contributed by atoms with Crippen molar-refractivity contribution in [3.63, 3.8) is 0 Å². The quantitative estimate of drug-likeness (QED) is 0.457. The summed E-state index contributed by atoms with van der Waals surface area (Å²) >= 11 is 0. The molecule has 0 saturated heterocycles. The lowest BCUT2D eigenvalue weighted by molar-refractivity contribution is -0.729. The van der Waals surface area contributed by atoms with Crippen LogP contribution in [0.25, 0.3) is 0 Å². The van der Waals surface area contributed by atoms with Crippen LogP contribution >= 0.6 is 0 Å². The summed E-state index contributed by atoms with van der Waals surface area (Å²) < 4.78 is 1.66. The Kier molecular flexibility index (Phi) is 1.12. The molecule has 3 heteroatoms. The van der Waals surface area contributed by atoms with Gasteiger partial charge in [0.25, 0.3) is 0 Å². The maximum atomic E-state index is 5.33. The van der Waals surface area contributed by atoms with Gasteiger partial charge in [0.05, 0.1) is 0 Å². The summed E-state index contributed by atoms with van der Waals surface area (Å²) in [5.41, 5.74) is 5.33. The fraction of sp³-hybridized carbons (Fsp3) is 0.200. The van der Waals surface area contributed by atoms with E-state index in [1.54, 1.807) is 10.7 Å². The van der Waals surface area contributed by atoms with Crippen LogP contribution in [0.4, 0.5) is 5.82 Å². The van der Waals surface area contributed by atoms with Crippen molar-refractivity contribution in [3.05, 3.63) is 18.3 Å². The zero-order chi connectivity index (χ0) is 5.98. The Balaban J connectivity index is 3.08. The highest BCUT2D eigenvalue weighted by Gasteiger charge is 1.89. The highest BCUT2D eigenvalue weighted by molar-refractivity contribution is 5.21. The molecule has 3 nitrogen and oxygen atoms in total. The van der Waals surface area contributed by atoms with E-state index >= 15 is 0 Å². The molecule has 8 heavy (non-hydrogen) atoms. The smallest absolute Gasteiger partial charge is 0.196 e. The number of nitrogen functional groups attached to an aromatic ring is 1. The lowest BCUT2D eigenvalue weighted by atomic mass is 10.5. The van der Waals surface area contributed by atoms with Crippen molar-refractivity contribution in [1.29, 1.82) is 0 Å². The van der Waals surface area contributed by atoms with Crippen molar-refractivity contribution < 1.29 is 4.68 Å². The molecular formula is C5H8N3+. The number of nitrogens with two attached hydrogens (primary N) is 1. The van der Waals surface area contributed by atoms with Gasteiger partial charge in [0.1, 0.15) is 0 Å². The number of aryl methyl sites for hydroxylation is 1. The summed E-state index contributed by atoms with van der Waals surface area (Å²) in [5.74, 6) is 0.551. The van der Waals surface area contributed by atoms with Gasteiger partial charge in [-0.25, -0.2) is 0 Å². The first-order chi connectivity index (χ1) is 3.79. The van der Waals surface area contributed by atoms with E-state index < -0.39 is 0 Å². The summed E-state index contributed by atoms with van der Waals surface area (Å²) in [7, 11) is 1.83. The number of nitrogens with zero attached hydrogens (tertiary/aromatic N) is 2. The van der Waals surface area contributed by atoms with Crippen molar-refractivity contribution >= 4 is 5.82 Å². The first-order valence-corrected chi connectivity index (χ1v) is 2.37. The van der Waals surface area contributed by atoms with Crippen molar-refractivity contribution in [2.45, 2.75) is 0 Å². The van der Waals surface area contributed by atoms with E-state index in [2.05, 4.69) is 5.10 Å². The monoisotopic (exact) mass is 110 g/mol. The molecule has 0 aliphatic heterocycles. The van der Waals surface area contributed by atoms with Crippen LogP contribution in [0.3, 0.4) is 0 Å². The van der Waals surface area contributed by atoms with E-state index in [0.717, 1.165) is 0 Å². The molecule has 0 radical (unpaired) electrons. The second kappa shape index (κ2) is 1.78. The first kappa shape index (κ1) is 5.03. The zero-order valence-corrected chi connectivity index (χ0v) is 4.70. The third-order valence-corrected chi connectivity index (χ3v) is 0.842. The van der Waals surface area contributed by atoms with Crippen LogP contribution in [0.15, 0.2) is 18.3 Å². The SMILES string of the molecule is C[n+]1cccc(N)n1. The van der Waals surface area contributed by atoms with Crippen LogP contribution in [0, 0.1) is 0 Å². The number of aromatic nitrogens is 2. The van der Waals surface area contributed by atoms with Gasteiger partial charge in [-0.05, 0) is 6.07 Å². The molecule has 0 aliphatic carbocycles. The number of anilines is 1. The van der Waals surface area contributed by atoms with E-state index in [-0.39, 0.29) is 0 Å². The molecule has 42 valence electrons. The predicted octanol–water partition coefficient (Wildman–Crippen LogP) is -0.512. The van der Waals surface area contributed by atoms with Crippen LogP contribution in [0.1, 0.15) is 0 Å². The summed E-state index contributed by atoms with van der Waals surface area (Å²) in [5, 5.41) is 3.87. The van der Waals surface area contributed by atoms with Gasteiger partial charge in [-0.15, -0.1) is 0 Å². The first-order valence-electron chi connectivity index (χ1n) is 2.37. The molecule has 0 fully saturated rings. The Bertz CT molecular complexity index is 168. The number of hydrogen-bond acceptors (Lipinski definition) is 2. The molecule has 0 amide bonds. The topological polar surface area (TPSA) is 42.8 Å². The lowest BCUT2D eigenvalue weighted by Crippen LogP contribution is -2.32.